The molecule has 1 fully saturated rings. The van der Waals surface area contributed by atoms with Crippen molar-refractivity contribution in [2.75, 3.05) is 13.6 Å². The van der Waals surface area contributed by atoms with Gasteiger partial charge in [0.05, 0.1) is 0 Å². The van der Waals surface area contributed by atoms with Crippen LogP contribution >= 0.6 is 15.9 Å². The van der Waals surface area contributed by atoms with Crippen molar-refractivity contribution in [2.24, 2.45) is 5.92 Å². The first-order chi connectivity index (χ1) is 8.16. The lowest BCUT2D eigenvalue weighted by Crippen LogP contribution is -2.31. The molecule has 3 nitrogen and oxygen atoms in total. The molecule has 0 N–H and O–H groups in total. The summed E-state index contributed by atoms with van der Waals surface area (Å²) in [4.78, 5) is 18.0. The Balaban J connectivity index is 1.96. The van der Waals surface area contributed by atoms with E-state index in [1.165, 1.54) is 25.7 Å². The molecule has 1 aromatic heterocycles. The van der Waals surface area contributed by atoms with Gasteiger partial charge in [-0.2, -0.15) is 0 Å². The van der Waals surface area contributed by atoms with Crippen molar-refractivity contribution in [1.29, 1.82) is 0 Å². The van der Waals surface area contributed by atoms with Crippen LogP contribution in [0.3, 0.4) is 0 Å². The largest absolute Gasteiger partial charge is 0.340 e. The van der Waals surface area contributed by atoms with Gasteiger partial charge in [0.1, 0.15) is 5.69 Å². The Labute approximate surface area is 110 Å². The van der Waals surface area contributed by atoms with Crippen molar-refractivity contribution in [1.82, 2.24) is 9.88 Å². The second-order valence-corrected chi connectivity index (χ2v) is 5.61. The van der Waals surface area contributed by atoms with Crippen LogP contribution in [0.15, 0.2) is 22.8 Å². The number of carbonyl (C=O) groups is 1. The van der Waals surface area contributed by atoms with E-state index in [-0.39, 0.29) is 5.91 Å². The Morgan fingerprint density at radius 2 is 2.18 bits per heavy atom. The van der Waals surface area contributed by atoms with Gasteiger partial charge in [-0.25, -0.2) is 4.98 Å². The van der Waals surface area contributed by atoms with Crippen molar-refractivity contribution < 1.29 is 4.79 Å². The van der Waals surface area contributed by atoms with Crippen LogP contribution in [-0.2, 0) is 0 Å². The summed E-state index contributed by atoms with van der Waals surface area (Å²) in [5.41, 5.74) is 0.522. The molecule has 92 valence electrons. The number of pyridine rings is 1. The first-order valence-corrected chi connectivity index (χ1v) is 6.83. The zero-order valence-electron chi connectivity index (χ0n) is 10.0. The molecule has 1 aliphatic rings. The van der Waals surface area contributed by atoms with Gasteiger partial charge in [0.25, 0.3) is 5.91 Å². The molecule has 0 radical (unpaired) electrons. The first-order valence-electron chi connectivity index (χ1n) is 6.04. The molecule has 2 rings (SSSR count). The van der Waals surface area contributed by atoms with Gasteiger partial charge >= 0.3 is 0 Å². The van der Waals surface area contributed by atoms with Gasteiger partial charge in [0, 0.05) is 24.3 Å². The lowest BCUT2D eigenvalue weighted by atomic mass is 10.1. The molecule has 0 unspecified atom stereocenters. The van der Waals surface area contributed by atoms with E-state index in [9.17, 15) is 4.79 Å². The van der Waals surface area contributed by atoms with Crippen molar-refractivity contribution in [3.63, 3.8) is 0 Å². The number of rotatable bonds is 3. The molecule has 4 heteroatoms. The van der Waals surface area contributed by atoms with Gasteiger partial charge in [-0.3, -0.25) is 4.79 Å². The number of hydrogen-bond donors (Lipinski definition) is 0. The van der Waals surface area contributed by atoms with Crippen LogP contribution in [0.5, 0.6) is 0 Å². The lowest BCUT2D eigenvalue weighted by molar-refractivity contribution is 0.0767. The maximum Gasteiger partial charge on any atom is 0.272 e. The van der Waals surface area contributed by atoms with E-state index in [0.717, 1.165) is 11.0 Å². The van der Waals surface area contributed by atoms with E-state index in [1.807, 2.05) is 13.1 Å². The van der Waals surface area contributed by atoms with Gasteiger partial charge < -0.3 is 4.90 Å². The molecule has 1 aromatic rings. The second-order valence-electron chi connectivity index (χ2n) is 4.70. The highest BCUT2D eigenvalue weighted by Crippen LogP contribution is 2.25. The highest BCUT2D eigenvalue weighted by molar-refractivity contribution is 9.10. The zero-order valence-corrected chi connectivity index (χ0v) is 11.6. The van der Waals surface area contributed by atoms with Crippen molar-refractivity contribution in [3.8, 4) is 0 Å². The Morgan fingerprint density at radius 1 is 1.47 bits per heavy atom. The quantitative estimate of drug-likeness (QED) is 0.859. The fraction of sp³-hybridized carbons (Fsp3) is 0.538. The van der Waals surface area contributed by atoms with E-state index >= 15 is 0 Å². The summed E-state index contributed by atoms with van der Waals surface area (Å²) in [7, 11) is 1.87. The summed E-state index contributed by atoms with van der Waals surface area (Å²) in [5, 5.41) is 0. The molecule has 0 spiro atoms. The molecular weight excluding hydrogens is 280 g/mol. The molecule has 1 aliphatic carbocycles. The average Bonchev–Trinajstić information content (AvgIpc) is 2.82. The third kappa shape index (κ3) is 3.28. The maximum absolute atomic E-state index is 12.1. The van der Waals surface area contributed by atoms with E-state index in [0.29, 0.717) is 11.6 Å². The molecular formula is C13H17BrN2O. The maximum atomic E-state index is 12.1. The Bertz CT molecular complexity index is 385. The SMILES string of the molecule is CN(CC1CCCC1)C(=O)c1ccc(Br)cn1. The normalized spacial score (nSPS) is 16.1. The van der Waals surface area contributed by atoms with Crippen LogP contribution in [0.2, 0.25) is 0 Å². The number of nitrogens with zero attached hydrogens (tertiary/aromatic N) is 2. The summed E-state index contributed by atoms with van der Waals surface area (Å²) < 4.78 is 0.896. The van der Waals surface area contributed by atoms with E-state index in [1.54, 1.807) is 17.2 Å². The number of amides is 1. The molecule has 1 amide bonds. The molecule has 17 heavy (non-hydrogen) atoms. The van der Waals surface area contributed by atoms with E-state index < -0.39 is 0 Å². The second kappa shape index (κ2) is 5.63. The van der Waals surface area contributed by atoms with Gasteiger partial charge in [-0.05, 0) is 46.8 Å². The summed E-state index contributed by atoms with van der Waals surface area (Å²) in [6.07, 6.45) is 6.79. The minimum atomic E-state index is 0.0180. The summed E-state index contributed by atoms with van der Waals surface area (Å²) in [6.45, 7) is 0.858. The number of halogens is 1. The molecule has 1 saturated carbocycles. The highest BCUT2D eigenvalue weighted by atomic mass is 79.9. The topological polar surface area (TPSA) is 33.2 Å². The molecule has 0 bridgehead atoms. The summed E-state index contributed by atoms with van der Waals surface area (Å²) >= 11 is 3.32. The van der Waals surface area contributed by atoms with Gasteiger partial charge in [-0.15, -0.1) is 0 Å². The minimum absolute atomic E-state index is 0.0180. The van der Waals surface area contributed by atoms with Gasteiger partial charge in [-0.1, -0.05) is 12.8 Å². The number of hydrogen-bond acceptors (Lipinski definition) is 2. The average molecular weight is 297 g/mol. The summed E-state index contributed by atoms with van der Waals surface area (Å²) in [6, 6.07) is 3.61. The predicted molar refractivity (Wildman–Crippen MR) is 70.9 cm³/mol. The molecule has 0 aromatic carbocycles. The first kappa shape index (κ1) is 12.6. The van der Waals surface area contributed by atoms with Crippen LogP contribution in [-0.4, -0.2) is 29.4 Å². The van der Waals surface area contributed by atoms with Crippen LogP contribution in [0.4, 0.5) is 0 Å². The monoisotopic (exact) mass is 296 g/mol. The summed E-state index contributed by atoms with van der Waals surface area (Å²) in [5.74, 6) is 0.698. The fourth-order valence-electron chi connectivity index (χ4n) is 2.36. The predicted octanol–water partition coefficient (Wildman–Crippen LogP) is 3.11. The van der Waals surface area contributed by atoms with Crippen LogP contribution in [0.25, 0.3) is 0 Å². The zero-order chi connectivity index (χ0) is 12.3. The number of aromatic nitrogens is 1. The van der Waals surface area contributed by atoms with Crippen LogP contribution in [0.1, 0.15) is 36.2 Å². The van der Waals surface area contributed by atoms with E-state index in [4.69, 9.17) is 0 Å². The molecule has 1 heterocycles. The third-order valence-electron chi connectivity index (χ3n) is 3.30. The molecule has 0 saturated heterocycles. The van der Waals surface area contributed by atoms with Crippen LogP contribution in [0, 0.1) is 5.92 Å². The van der Waals surface area contributed by atoms with Crippen molar-refractivity contribution >= 4 is 21.8 Å². The lowest BCUT2D eigenvalue weighted by Gasteiger charge is -2.20. The Hall–Kier alpha value is -0.900. The van der Waals surface area contributed by atoms with E-state index in [2.05, 4.69) is 20.9 Å². The highest BCUT2D eigenvalue weighted by Gasteiger charge is 2.20. The van der Waals surface area contributed by atoms with Crippen LogP contribution < -0.4 is 0 Å². The number of carbonyl (C=O) groups excluding carboxylic acids is 1. The van der Waals surface area contributed by atoms with Crippen molar-refractivity contribution in [2.45, 2.75) is 25.7 Å². The Morgan fingerprint density at radius 3 is 2.76 bits per heavy atom. The van der Waals surface area contributed by atoms with Gasteiger partial charge in [0.2, 0.25) is 0 Å². The van der Waals surface area contributed by atoms with Gasteiger partial charge in [0.15, 0.2) is 0 Å². The third-order valence-corrected chi connectivity index (χ3v) is 3.77. The fourth-order valence-corrected chi connectivity index (χ4v) is 2.60. The smallest absolute Gasteiger partial charge is 0.272 e. The Kier molecular flexibility index (Phi) is 4.15. The van der Waals surface area contributed by atoms with Crippen molar-refractivity contribution in [3.05, 3.63) is 28.5 Å². The molecule has 0 atom stereocenters. The molecule has 0 aliphatic heterocycles. The minimum Gasteiger partial charge on any atom is -0.340 e. The standard InChI is InChI=1S/C13H17BrN2O/c1-16(9-10-4-2-3-5-10)13(17)12-7-6-11(14)8-15-12/h6-8,10H,2-5,9H2,1H3.